The molecule has 2 aromatic carbocycles. The van der Waals surface area contributed by atoms with Gasteiger partial charge in [-0.1, -0.05) is 29.8 Å². The van der Waals surface area contributed by atoms with Gasteiger partial charge < -0.3 is 20.1 Å². The predicted octanol–water partition coefficient (Wildman–Crippen LogP) is 3.04. The van der Waals surface area contributed by atoms with Crippen LogP contribution in [-0.4, -0.2) is 32.6 Å². The Balaban J connectivity index is 1.82. The van der Waals surface area contributed by atoms with Crippen molar-refractivity contribution in [3.05, 3.63) is 53.1 Å². The molecule has 0 saturated heterocycles. The third-order valence-corrected chi connectivity index (χ3v) is 3.90. The molecule has 0 aromatic heterocycles. The molecular formula is C19H21ClN2O4. The highest BCUT2D eigenvalue weighted by molar-refractivity contribution is 6.31. The van der Waals surface area contributed by atoms with Gasteiger partial charge >= 0.3 is 0 Å². The second kappa shape index (κ2) is 9.68. The van der Waals surface area contributed by atoms with Crippen LogP contribution in [0.2, 0.25) is 5.02 Å². The molecule has 7 heteroatoms. The maximum Gasteiger partial charge on any atom is 0.233 e. The summed E-state index contributed by atoms with van der Waals surface area (Å²) in [7, 11) is 3.09. The minimum absolute atomic E-state index is 0.290. The molecule has 0 aliphatic heterocycles. The average Bonchev–Trinajstić information content (AvgIpc) is 2.62. The lowest BCUT2D eigenvalue weighted by Gasteiger charge is -2.11. The Morgan fingerprint density at radius 2 is 1.73 bits per heavy atom. The van der Waals surface area contributed by atoms with Crippen LogP contribution in [0, 0.1) is 0 Å². The number of hydrogen-bond acceptors (Lipinski definition) is 4. The zero-order valence-electron chi connectivity index (χ0n) is 14.7. The number of benzene rings is 2. The zero-order valence-corrected chi connectivity index (χ0v) is 15.4. The van der Waals surface area contributed by atoms with E-state index in [4.69, 9.17) is 21.1 Å². The van der Waals surface area contributed by atoms with Gasteiger partial charge in [0.2, 0.25) is 11.8 Å². The fourth-order valence-corrected chi connectivity index (χ4v) is 2.60. The topological polar surface area (TPSA) is 76.7 Å². The monoisotopic (exact) mass is 376 g/mol. The van der Waals surface area contributed by atoms with Gasteiger partial charge in [0, 0.05) is 11.6 Å². The van der Waals surface area contributed by atoms with Gasteiger partial charge in [0.05, 0.1) is 19.9 Å². The highest BCUT2D eigenvalue weighted by Crippen LogP contribution is 2.27. The van der Waals surface area contributed by atoms with Gasteiger partial charge in [0.1, 0.15) is 17.9 Å². The molecular weight excluding hydrogens is 356 g/mol. The summed E-state index contributed by atoms with van der Waals surface area (Å²) >= 11 is 5.92. The number of para-hydroxylation sites is 1. The number of methoxy groups -OCH3 is 2. The molecule has 0 aliphatic rings. The van der Waals surface area contributed by atoms with Crippen LogP contribution in [0.4, 0.5) is 5.69 Å². The summed E-state index contributed by atoms with van der Waals surface area (Å²) in [5.41, 5.74) is 1.41. The molecule has 0 spiro atoms. The molecule has 0 aliphatic carbocycles. The second-order valence-electron chi connectivity index (χ2n) is 5.48. The van der Waals surface area contributed by atoms with Gasteiger partial charge in [-0.3, -0.25) is 9.59 Å². The van der Waals surface area contributed by atoms with Gasteiger partial charge in [0.25, 0.3) is 0 Å². The van der Waals surface area contributed by atoms with E-state index in [2.05, 4.69) is 10.6 Å². The molecule has 138 valence electrons. The third kappa shape index (κ3) is 5.67. The average molecular weight is 377 g/mol. The lowest BCUT2D eigenvalue weighted by atomic mass is 10.1. The lowest BCUT2D eigenvalue weighted by molar-refractivity contribution is -0.126. The third-order valence-electron chi connectivity index (χ3n) is 3.67. The first-order valence-electron chi connectivity index (χ1n) is 8.05. The number of halogens is 1. The van der Waals surface area contributed by atoms with E-state index in [0.717, 1.165) is 11.3 Å². The maximum absolute atomic E-state index is 12.0. The van der Waals surface area contributed by atoms with Crippen LogP contribution in [0.25, 0.3) is 0 Å². The van der Waals surface area contributed by atoms with Crippen molar-refractivity contribution in [2.75, 3.05) is 26.1 Å². The molecule has 0 saturated carbocycles. The standard InChI is InChI=1S/C19H21ClN2O4/c1-25-16-6-4-3-5-13(16)9-10-21-18(23)12-19(24)22-15-11-14(20)7-8-17(15)26-2/h3-8,11H,9-10,12H2,1-2H3,(H,21,23)(H,22,24). The predicted molar refractivity (Wildman–Crippen MR) is 101 cm³/mol. The summed E-state index contributed by atoms with van der Waals surface area (Å²) in [6, 6.07) is 12.5. The minimum atomic E-state index is -0.444. The van der Waals surface area contributed by atoms with Crippen LogP contribution < -0.4 is 20.1 Å². The number of nitrogens with one attached hydrogen (secondary N) is 2. The van der Waals surface area contributed by atoms with E-state index in [-0.39, 0.29) is 12.3 Å². The van der Waals surface area contributed by atoms with Crippen LogP contribution in [0.5, 0.6) is 11.5 Å². The first-order valence-corrected chi connectivity index (χ1v) is 8.43. The summed E-state index contributed by atoms with van der Waals surface area (Å²) < 4.78 is 10.4. The van der Waals surface area contributed by atoms with Crippen molar-refractivity contribution < 1.29 is 19.1 Å². The molecule has 2 N–H and O–H groups in total. The Morgan fingerprint density at radius 1 is 1.00 bits per heavy atom. The van der Waals surface area contributed by atoms with Crippen molar-refractivity contribution in [1.82, 2.24) is 5.32 Å². The molecule has 6 nitrogen and oxygen atoms in total. The number of ether oxygens (including phenoxy) is 2. The lowest BCUT2D eigenvalue weighted by Crippen LogP contribution is -2.29. The van der Waals surface area contributed by atoms with E-state index >= 15 is 0 Å². The van der Waals surface area contributed by atoms with Crippen molar-refractivity contribution in [2.24, 2.45) is 0 Å². The van der Waals surface area contributed by atoms with E-state index < -0.39 is 5.91 Å². The SMILES string of the molecule is COc1ccccc1CCNC(=O)CC(=O)Nc1cc(Cl)ccc1OC. The summed E-state index contributed by atoms with van der Waals surface area (Å²) in [6.07, 6.45) is 0.321. The number of carbonyl (C=O) groups excluding carboxylic acids is 2. The van der Waals surface area contributed by atoms with Crippen LogP contribution in [-0.2, 0) is 16.0 Å². The van der Waals surface area contributed by atoms with Crippen LogP contribution in [0.15, 0.2) is 42.5 Å². The van der Waals surface area contributed by atoms with Gasteiger partial charge in [0.15, 0.2) is 0 Å². The Labute approximate surface area is 157 Å². The molecule has 2 amide bonds. The summed E-state index contributed by atoms with van der Waals surface area (Å²) in [6.45, 7) is 0.410. The quantitative estimate of drug-likeness (QED) is 0.694. The maximum atomic E-state index is 12.0. The zero-order chi connectivity index (χ0) is 18.9. The fraction of sp³-hybridized carbons (Fsp3) is 0.263. The first kappa shape index (κ1) is 19.6. The number of carbonyl (C=O) groups is 2. The Bertz CT molecular complexity index is 780. The molecule has 2 aromatic rings. The van der Waals surface area contributed by atoms with E-state index in [1.54, 1.807) is 25.3 Å². The minimum Gasteiger partial charge on any atom is -0.496 e. The van der Waals surface area contributed by atoms with Crippen molar-refractivity contribution in [3.63, 3.8) is 0 Å². The van der Waals surface area contributed by atoms with Crippen molar-refractivity contribution >= 4 is 29.1 Å². The van der Waals surface area contributed by atoms with E-state index in [1.807, 2.05) is 24.3 Å². The van der Waals surface area contributed by atoms with Gasteiger partial charge in [-0.2, -0.15) is 0 Å². The van der Waals surface area contributed by atoms with E-state index in [9.17, 15) is 9.59 Å². The Morgan fingerprint density at radius 3 is 2.46 bits per heavy atom. The number of hydrogen-bond donors (Lipinski definition) is 2. The fourth-order valence-electron chi connectivity index (χ4n) is 2.43. The smallest absolute Gasteiger partial charge is 0.233 e. The normalized spacial score (nSPS) is 10.1. The molecule has 0 heterocycles. The first-order chi connectivity index (χ1) is 12.5. The van der Waals surface area contributed by atoms with E-state index in [0.29, 0.717) is 29.4 Å². The number of amides is 2. The molecule has 0 bridgehead atoms. The van der Waals surface area contributed by atoms with Crippen LogP contribution in [0.3, 0.4) is 0 Å². The highest BCUT2D eigenvalue weighted by Gasteiger charge is 2.12. The Hall–Kier alpha value is -2.73. The summed E-state index contributed by atoms with van der Waals surface area (Å²) in [5, 5.41) is 5.82. The molecule has 0 radical (unpaired) electrons. The summed E-state index contributed by atoms with van der Waals surface area (Å²) in [5.74, 6) is 0.436. The second-order valence-corrected chi connectivity index (χ2v) is 5.92. The van der Waals surface area contributed by atoms with Crippen LogP contribution >= 0.6 is 11.6 Å². The van der Waals surface area contributed by atoms with Crippen molar-refractivity contribution in [3.8, 4) is 11.5 Å². The number of rotatable bonds is 8. The molecule has 2 rings (SSSR count). The highest BCUT2D eigenvalue weighted by atomic mass is 35.5. The van der Waals surface area contributed by atoms with Gasteiger partial charge in [-0.05, 0) is 36.2 Å². The summed E-state index contributed by atoms with van der Waals surface area (Å²) in [4.78, 5) is 24.0. The van der Waals surface area contributed by atoms with Gasteiger partial charge in [-0.25, -0.2) is 0 Å². The van der Waals surface area contributed by atoms with Crippen molar-refractivity contribution in [2.45, 2.75) is 12.8 Å². The molecule has 0 atom stereocenters. The van der Waals surface area contributed by atoms with Gasteiger partial charge in [-0.15, -0.1) is 0 Å². The molecule has 0 fully saturated rings. The molecule has 26 heavy (non-hydrogen) atoms. The number of anilines is 1. The largest absolute Gasteiger partial charge is 0.496 e. The van der Waals surface area contributed by atoms with Crippen LogP contribution in [0.1, 0.15) is 12.0 Å². The van der Waals surface area contributed by atoms with Crippen molar-refractivity contribution in [1.29, 1.82) is 0 Å². The van der Waals surface area contributed by atoms with E-state index in [1.165, 1.54) is 7.11 Å². The Kier molecular flexibility index (Phi) is 7.29. The molecule has 0 unspecified atom stereocenters.